The zero-order valence-electron chi connectivity index (χ0n) is 21.3. The van der Waals surface area contributed by atoms with Gasteiger partial charge in [0.15, 0.2) is 0 Å². The van der Waals surface area contributed by atoms with E-state index in [9.17, 15) is 5.26 Å². The maximum atomic E-state index is 10.6. The van der Waals surface area contributed by atoms with Crippen LogP contribution in [0.2, 0.25) is 0 Å². The highest BCUT2D eigenvalue weighted by Gasteiger charge is 2.53. The minimum atomic E-state index is 0.130. The molecule has 0 amide bonds. The number of aryl methyl sites for hydroxylation is 1. The quantitative estimate of drug-likeness (QED) is 0.547. The lowest BCUT2D eigenvalue weighted by Crippen LogP contribution is -2.60. The molecule has 1 aliphatic carbocycles. The number of likely N-dealkylation sites (tertiary alicyclic amines) is 1. The topological polar surface area (TPSA) is 71.8 Å². The molecule has 6 heteroatoms. The van der Waals surface area contributed by atoms with Crippen molar-refractivity contribution in [3.05, 3.63) is 53.4 Å². The minimum Gasteiger partial charge on any atom is -0.352 e. The summed E-state index contributed by atoms with van der Waals surface area (Å²) in [5.74, 6) is 0.880. The Bertz CT molecular complexity index is 1380. The van der Waals surface area contributed by atoms with Gasteiger partial charge in [-0.05, 0) is 61.3 Å². The van der Waals surface area contributed by atoms with Gasteiger partial charge in [-0.1, -0.05) is 26.0 Å². The number of rotatable bonds is 4. The average Bonchev–Trinajstić information content (AvgIpc) is 3.47. The van der Waals surface area contributed by atoms with Crippen LogP contribution in [0.4, 0.5) is 5.82 Å². The SMILES string of the molecule is C=CCN1CC2(CCN(c3nc4c(c(-c5c(C)ccc6[nH]ncc56)c3C#N)CC(C)(C)C4)C2C)C1. The highest BCUT2D eigenvalue weighted by atomic mass is 15.3. The van der Waals surface area contributed by atoms with Crippen LogP contribution in [-0.2, 0) is 12.8 Å². The third-order valence-corrected chi connectivity index (χ3v) is 8.80. The zero-order chi connectivity index (χ0) is 24.5. The molecule has 1 unspecified atom stereocenters. The number of H-pyrrole nitrogens is 1. The second kappa shape index (κ2) is 7.66. The van der Waals surface area contributed by atoms with Gasteiger partial charge in [-0.25, -0.2) is 4.98 Å². The van der Waals surface area contributed by atoms with Gasteiger partial charge in [-0.3, -0.25) is 10.00 Å². The van der Waals surface area contributed by atoms with Crippen molar-refractivity contribution in [3.8, 4) is 17.2 Å². The summed E-state index contributed by atoms with van der Waals surface area (Å²) in [7, 11) is 0. The number of benzene rings is 1. The fraction of sp³-hybridized carbons (Fsp3) is 0.483. The molecule has 180 valence electrons. The first kappa shape index (κ1) is 22.3. The Kier molecular flexibility index (Phi) is 4.88. The van der Waals surface area contributed by atoms with E-state index in [-0.39, 0.29) is 10.8 Å². The molecular weight excluding hydrogens is 432 g/mol. The van der Waals surface area contributed by atoms with E-state index in [1.807, 2.05) is 12.3 Å². The lowest BCUT2D eigenvalue weighted by Gasteiger charge is -2.51. The largest absolute Gasteiger partial charge is 0.352 e. The summed E-state index contributed by atoms with van der Waals surface area (Å²) >= 11 is 0. The highest BCUT2D eigenvalue weighted by Crippen LogP contribution is 2.50. The van der Waals surface area contributed by atoms with Crippen LogP contribution in [0.5, 0.6) is 0 Å². The van der Waals surface area contributed by atoms with E-state index in [0.717, 1.165) is 84.5 Å². The number of hydrogen-bond donors (Lipinski definition) is 1. The van der Waals surface area contributed by atoms with Crippen LogP contribution < -0.4 is 4.90 Å². The summed E-state index contributed by atoms with van der Waals surface area (Å²) in [5.41, 5.74) is 7.92. The lowest BCUT2D eigenvalue weighted by molar-refractivity contribution is 0.00711. The molecule has 1 aromatic carbocycles. The maximum Gasteiger partial charge on any atom is 0.147 e. The molecule has 2 saturated heterocycles. The Morgan fingerprint density at radius 2 is 2.06 bits per heavy atom. The molecule has 1 N–H and O–H groups in total. The van der Waals surface area contributed by atoms with E-state index < -0.39 is 0 Å². The molecule has 0 saturated carbocycles. The summed E-state index contributed by atoms with van der Waals surface area (Å²) in [6, 6.07) is 7.20. The van der Waals surface area contributed by atoms with Crippen LogP contribution in [0.3, 0.4) is 0 Å². The first-order chi connectivity index (χ1) is 16.8. The molecule has 6 nitrogen and oxygen atoms in total. The molecule has 2 fully saturated rings. The fourth-order valence-corrected chi connectivity index (χ4v) is 6.98. The Balaban J connectivity index is 1.53. The summed E-state index contributed by atoms with van der Waals surface area (Å²) in [5, 5.41) is 19.2. The molecule has 0 bridgehead atoms. The van der Waals surface area contributed by atoms with E-state index in [1.54, 1.807) is 0 Å². The Hall–Kier alpha value is -3.17. The van der Waals surface area contributed by atoms with Crippen molar-refractivity contribution in [2.24, 2.45) is 10.8 Å². The van der Waals surface area contributed by atoms with Crippen molar-refractivity contribution in [3.63, 3.8) is 0 Å². The number of aromatic nitrogens is 3. The summed E-state index contributed by atoms with van der Waals surface area (Å²) in [4.78, 5) is 10.2. The smallest absolute Gasteiger partial charge is 0.147 e. The number of nitrogens with zero attached hydrogens (tertiary/aromatic N) is 5. The van der Waals surface area contributed by atoms with Crippen LogP contribution >= 0.6 is 0 Å². The molecule has 1 atom stereocenters. The summed E-state index contributed by atoms with van der Waals surface area (Å²) in [6.45, 7) is 17.1. The molecule has 0 radical (unpaired) electrons. The van der Waals surface area contributed by atoms with E-state index in [0.29, 0.717) is 6.04 Å². The van der Waals surface area contributed by atoms with Gasteiger partial charge < -0.3 is 4.90 Å². The second-order valence-corrected chi connectivity index (χ2v) is 11.8. The van der Waals surface area contributed by atoms with Gasteiger partial charge in [0, 0.05) is 54.3 Å². The number of hydrogen-bond acceptors (Lipinski definition) is 5. The summed E-state index contributed by atoms with van der Waals surface area (Å²) in [6.07, 6.45) is 6.91. The van der Waals surface area contributed by atoms with Crippen molar-refractivity contribution >= 4 is 16.7 Å². The zero-order valence-corrected chi connectivity index (χ0v) is 21.3. The number of pyridine rings is 1. The Labute approximate surface area is 207 Å². The number of nitriles is 1. The Morgan fingerprint density at radius 3 is 2.80 bits per heavy atom. The first-order valence-corrected chi connectivity index (χ1v) is 12.8. The van der Waals surface area contributed by atoms with E-state index >= 15 is 0 Å². The van der Waals surface area contributed by atoms with Gasteiger partial charge in [-0.15, -0.1) is 6.58 Å². The van der Waals surface area contributed by atoms with Crippen LogP contribution in [0.1, 0.15) is 49.6 Å². The second-order valence-electron chi connectivity index (χ2n) is 11.8. The normalized spacial score (nSPS) is 22.4. The molecular formula is C29H34N6. The van der Waals surface area contributed by atoms with Crippen LogP contribution in [0, 0.1) is 29.1 Å². The van der Waals surface area contributed by atoms with Crippen molar-refractivity contribution in [1.82, 2.24) is 20.1 Å². The fourth-order valence-electron chi connectivity index (χ4n) is 6.98. The molecule has 35 heavy (non-hydrogen) atoms. The van der Waals surface area contributed by atoms with Gasteiger partial charge in [0.25, 0.3) is 0 Å². The summed E-state index contributed by atoms with van der Waals surface area (Å²) < 4.78 is 0. The maximum absolute atomic E-state index is 10.6. The van der Waals surface area contributed by atoms with E-state index in [1.165, 1.54) is 11.1 Å². The molecule has 2 aromatic heterocycles. The van der Waals surface area contributed by atoms with Crippen molar-refractivity contribution < 1.29 is 0 Å². The van der Waals surface area contributed by atoms with Crippen molar-refractivity contribution in [1.29, 1.82) is 5.26 Å². The monoisotopic (exact) mass is 466 g/mol. The van der Waals surface area contributed by atoms with E-state index in [4.69, 9.17) is 4.98 Å². The first-order valence-electron chi connectivity index (χ1n) is 12.8. The third kappa shape index (κ3) is 3.25. The number of anilines is 1. The molecule has 1 spiro atoms. The predicted octanol–water partition coefficient (Wildman–Crippen LogP) is 5.02. The molecule has 3 aliphatic rings. The van der Waals surface area contributed by atoms with Crippen LogP contribution in [-0.4, -0.2) is 52.3 Å². The lowest BCUT2D eigenvalue weighted by atomic mass is 9.74. The Morgan fingerprint density at radius 1 is 1.26 bits per heavy atom. The van der Waals surface area contributed by atoms with Gasteiger partial charge in [0.05, 0.1) is 11.7 Å². The van der Waals surface area contributed by atoms with Gasteiger partial charge in [0.1, 0.15) is 17.5 Å². The van der Waals surface area contributed by atoms with Crippen molar-refractivity contribution in [2.75, 3.05) is 31.1 Å². The van der Waals surface area contributed by atoms with Gasteiger partial charge >= 0.3 is 0 Å². The van der Waals surface area contributed by atoms with E-state index in [2.05, 4.69) is 72.5 Å². The molecule has 6 rings (SSSR count). The standard InChI is InChI=1S/C29H34N6/c1-6-10-34-16-29(17-34)9-11-35(19(29)3)27-21(14-30)26(20-12-28(4,5)13-24(20)32-27)25-18(2)7-8-23-22(25)15-31-33-23/h6-8,15,19H,1,9-13,16-17H2,2-5H3,(H,31,33). The molecule has 3 aromatic rings. The van der Waals surface area contributed by atoms with Crippen LogP contribution in [0.15, 0.2) is 31.0 Å². The average molecular weight is 467 g/mol. The number of nitrogens with one attached hydrogen (secondary N) is 1. The molecule has 4 heterocycles. The van der Waals surface area contributed by atoms with Crippen LogP contribution in [0.25, 0.3) is 22.0 Å². The van der Waals surface area contributed by atoms with Crippen molar-refractivity contribution in [2.45, 2.75) is 53.0 Å². The highest BCUT2D eigenvalue weighted by molar-refractivity contribution is 5.99. The third-order valence-electron chi connectivity index (χ3n) is 8.80. The predicted molar refractivity (Wildman–Crippen MR) is 140 cm³/mol. The van der Waals surface area contributed by atoms with Gasteiger partial charge in [0.2, 0.25) is 0 Å². The number of aromatic amines is 1. The van der Waals surface area contributed by atoms with Gasteiger partial charge in [-0.2, -0.15) is 10.4 Å². The molecule has 2 aliphatic heterocycles. The minimum absolute atomic E-state index is 0.130. The number of fused-ring (bicyclic) bond motifs is 2.